The maximum atomic E-state index is 11.1. The van der Waals surface area contributed by atoms with Crippen molar-refractivity contribution in [3.05, 3.63) is 12.2 Å². The molecule has 7 nitrogen and oxygen atoms in total. The van der Waals surface area contributed by atoms with E-state index in [9.17, 15) is 24.9 Å². The molecule has 0 aliphatic carbocycles. The normalized spacial score (nSPS) is 34.9. The third-order valence-electron chi connectivity index (χ3n) is 2.99. The van der Waals surface area contributed by atoms with Crippen LogP contribution >= 0.6 is 0 Å². The Labute approximate surface area is 114 Å². The van der Waals surface area contributed by atoms with E-state index in [-0.39, 0.29) is 6.61 Å². The minimum atomic E-state index is -2.63. The fraction of sp³-hybridized carbons (Fsp3) is 0.700. The number of rotatable bonds is 5. The molecule has 9 heteroatoms. The molecule has 0 aromatic heterocycles. The second-order valence-corrected chi connectivity index (χ2v) is 12.5. The van der Waals surface area contributed by atoms with Crippen LogP contribution in [0.3, 0.4) is 0 Å². The molecular weight excluding hydrogens is 288 g/mol. The zero-order chi connectivity index (χ0) is 14.6. The Balaban J connectivity index is 2.35. The summed E-state index contributed by atoms with van der Waals surface area (Å²) >= 11 is 0. The van der Waals surface area contributed by atoms with Crippen LogP contribution in [0.15, 0.2) is 12.2 Å². The highest BCUT2D eigenvalue weighted by molar-refractivity contribution is 7.17. The van der Waals surface area contributed by atoms with Gasteiger partial charge in [-0.3, -0.25) is 0 Å². The van der Waals surface area contributed by atoms with Crippen molar-refractivity contribution in [1.82, 2.24) is 0 Å². The summed E-state index contributed by atoms with van der Waals surface area (Å²) in [6.45, 7) is 5.16. The van der Waals surface area contributed by atoms with E-state index in [1.807, 2.05) is 0 Å². The topological polar surface area (TPSA) is 116 Å². The quantitative estimate of drug-likeness (QED) is 0.194. The van der Waals surface area contributed by atoms with Crippen molar-refractivity contribution in [3.63, 3.8) is 0 Å². The summed E-state index contributed by atoms with van der Waals surface area (Å²) in [6.07, 6.45) is -2.41. The maximum Gasteiger partial charge on any atom is 0.333 e. The maximum absolute atomic E-state index is 11.1. The molecule has 0 spiro atoms. The van der Waals surface area contributed by atoms with E-state index in [0.29, 0.717) is 18.0 Å². The molecule has 110 valence electrons. The molecule has 5 unspecified atom stereocenters. The van der Waals surface area contributed by atoms with Gasteiger partial charge in [-0.1, -0.05) is 12.6 Å². The number of carbonyl (C=O) groups excluding carboxylic acids is 1. The van der Waals surface area contributed by atoms with E-state index in [2.05, 4.69) is 6.58 Å². The average molecular weight is 308 g/mol. The SMILES string of the molecule is C=C(C)C(=O)OCCC[SiH]1C(O)C(O)C(O)O[SiH]1O. The van der Waals surface area contributed by atoms with Crippen LogP contribution in [0.1, 0.15) is 13.3 Å². The van der Waals surface area contributed by atoms with Gasteiger partial charge in [0.15, 0.2) is 6.29 Å². The molecule has 0 saturated carbocycles. The van der Waals surface area contributed by atoms with Gasteiger partial charge in [0, 0.05) is 5.57 Å². The van der Waals surface area contributed by atoms with Gasteiger partial charge in [0.25, 0.3) is 8.80 Å². The van der Waals surface area contributed by atoms with E-state index < -0.39 is 41.2 Å². The number of aliphatic hydroxyl groups excluding tert-OH is 3. The van der Waals surface area contributed by atoms with Gasteiger partial charge in [0.1, 0.15) is 14.4 Å². The van der Waals surface area contributed by atoms with Gasteiger partial charge >= 0.3 is 5.97 Å². The zero-order valence-corrected chi connectivity index (χ0v) is 13.0. The van der Waals surface area contributed by atoms with Crippen molar-refractivity contribution >= 4 is 23.1 Å². The molecule has 0 aromatic rings. The Morgan fingerprint density at radius 2 is 2.05 bits per heavy atom. The average Bonchev–Trinajstić information content (AvgIpc) is 2.34. The number of ether oxygens (including phenoxy) is 1. The minimum Gasteiger partial charge on any atom is -0.462 e. The lowest BCUT2D eigenvalue weighted by molar-refractivity contribution is -0.141. The first-order chi connectivity index (χ1) is 8.84. The van der Waals surface area contributed by atoms with Crippen LogP contribution in [0.5, 0.6) is 0 Å². The summed E-state index contributed by atoms with van der Waals surface area (Å²) in [5, 5.41) is 28.5. The minimum absolute atomic E-state index is 0.168. The fourth-order valence-electron chi connectivity index (χ4n) is 1.84. The predicted molar refractivity (Wildman–Crippen MR) is 70.8 cm³/mol. The van der Waals surface area contributed by atoms with Gasteiger partial charge in [-0.25, -0.2) is 4.79 Å². The number of carbonyl (C=O) groups is 1. The Hall–Kier alpha value is -0.556. The highest BCUT2D eigenvalue weighted by Crippen LogP contribution is 2.18. The number of aliphatic hydroxyl groups is 3. The molecule has 1 aliphatic rings. The molecule has 4 N–H and O–H groups in total. The first-order valence-electron chi connectivity index (χ1n) is 6.05. The van der Waals surface area contributed by atoms with Gasteiger partial charge in [-0.05, 0) is 13.3 Å². The molecule has 0 radical (unpaired) electrons. The van der Waals surface area contributed by atoms with Crippen molar-refractivity contribution in [1.29, 1.82) is 0 Å². The number of hydrogen-bond donors (Lipinski definition) is 4. The fourth-order valence-corrected chi connectivity index (χ4v) is 9.13. The van der Waals surface area contributed by atoms with Crippen molar-refractivity contribution in [2.75, 3.05) is 6.61 Å². The van der Waals surface area contributed by atoms with Crippen LogP contribution in [0.25, 0.3) is 0 Å². The Morgan fingerprint density at radius 3 is 2.63 bits per heavy atom. The monoisotopic (exact) mass is 308 g/mol. The van der Waals surface area contributed by atoms with Gasteiger partial charge in [-0.15, -0.1) is 0 Å². The van der Waals surface area contributed by atoms with Crippen molar-refractivity contribution < 1.29 is 34.1 Å². The highest BCUT2D eigenvalue weighted by Gasteiger charge is 2.45. The van der Waals surface area contributed by atoms with Crippen LogP contribution in [-0.4, -0.2) is 67.9 Å². The summed E-state index contributed by atoms with van der Waals surface area (Å²) in [5.74, 6) is -0.477. The summed E-state index contributed by atoms with van der Waals surface area (Å²) in [5.41, 5.74) is -0.784. The first-order valence-corrected chi connectivity index (χ1v) is 11.2. The molecule has 1 fully saturated rings. The van der Waals surface area contributed by atoms with Crippen molar-refractivity contribution in [2.24, 2.45) is 0 Å². The lowest BCUT2D eigenvalue weighted by Crippen LogP contribution is -2.62. The number of hydrogen-bond acceptors (Lipinski definition) is 7. The summed E-state index contributed by atoms with van der Waals surface area (Å²) < 4.78 is 9.77. The van der Waals surface area contributed by atoms with E-state index in [1.54, 1.807) is 6.92 Å². The second-order valence-electron chi connectivity index (χ2n) is 4.62. The zero-order valence-electron chi connectivity index (χ0n) is 10.7. The largest absolute Gasteiger partial charge is 0.462 e. The smallest absolute Gasteiger partial charge is 0.333 e. The van der Waals surface area contributed by atoms with Gasteiger partial charge in [-0.2, -0.15) is 0 Å². The summed E-state index contributed by atoms with van der Waals surface area (Å²) in [4.78, 5) is 20.9. The van der Waals surface area contributed by atoms with Crippen LogP contribution in [-0.2, 0) is 14.0 Å². The van der Waals surface area contributed by atoms with E-state index >= 15 is 0 Å². The molecule has 0 amide bonds. The van der Waals surface area contributed by atoms with E-state index in [1.165, 1.54) is 0 Å². The van der Waals surface area contributed by atoms with E-state index in [0.717, 1.165) is 0 Å². The summed E-state index contributed by atoms with van der Waals surface area (Å²) in [6, 6.07) is 0.474. The van der Waals surface area contributed by atoms with Crippen LogP contribution in [0.2, 0.25) is 6.04 Å². The second kappa shape index (κ2) is 7.29. The first kappa shape index (κ1) is 16.5. The predicted octanol–water partition coefficient (Wildman–Crippen LogP) is -2.38. The third kappa shape index (κ3) is 4.49. The molecule has 0 aromatic carbocycles. The van der Waals surface area contributed by atoms with Crippen LogP contribution in [0, 0.1) is 0 Å². The Morgan fingerprint density at radius 1 is 1.42 bits per heavy atom. The molecule has 0 bridgehead atoms. The number of esters is 1. The van der Waals surface area contributed by atoms with Crippen molar-refractivity contribution in [3.8, 4) is 0 Å². The lowest BCUT2D eigenvalue weighted by atomic mass is 10.4. The standard InChI is InChI=1S/C10H20O7Si2/c1-6(2)8(12)16-4-3-5-18-10(14)7(11)9(13)17-19(18)15/h7,9-11,13-15,18-19H,1,3-5H2,2H3. The molecule has 1 aliphatic heterocycles. The van der Waals surface area contributed by atoms with E-state index in [4.69, 9.17) is 9.16 Å². The molecule has 1 saturated heterocycles. The third-order valence-corrected chi connectivity index (χ3v) is 11.5. The molecular formula is C10H20O7Si2. The molecule has 1 heterocycles. The lowest BCUT2D eigenvalue weighted by Gasteiger charge is -2.36. The molecule has 1 rings (SSSR count). The Kier molecular flexibility index (Phi) is 6.33. The van der Waals surface area contributed by atoms with Gasteiger partial charge in [0.05, 0.1) is 12.3 Å². The molecule has 5 atom stereocenters. The van der Waals surface area contributed by atoms with Crippen LogP contribution in [0.4, 0.5) is 0 Å². The molecule has 19 heavy (non-hydrogen) atoms. The highest BCUT2D eigenvalue weighted by atomic mass is 29.2. The van der Waals surface area contributed by atoms with Gasteiger partial charge in [0.2, 0.25) is 0 Å². The van der Waals surface area contributed by atoms with Crippen molar-refractivity contribution in [2.45, 2.75) is 37.5 Å². The van der Waals surface area contributed by atoms with Gasteiger partial charge < -0.3 is 29.3 Å². The summed E-state index contributed by atoms with van der Waals surface area (Å²) in [7, 11) is -4.72. The Bertz CT molecular complexity index is 338. The van der Waals surface area contributed by atoms with Crippen LogP contribution < -0.4 is 0 Å².